The minimum Gasteiger partial charge on any atom is -0.504 e. The van der Waals surface area contributed by atoms with Gasteiger partial charge in [-0.3, -0.25) is 14.0 Å². The molecule has 5 atom stereocenters. The minimum atomic E-state index is -4.24. The molecule has 302 valence electrons. The van der Waals surface area contributed by atoms with E-state index in [2.05, 4.69) is 38.5 Å². The Morgan fingerprint density at radius 1 is 0.836 bits per heavy atom. The van der Waals surface area contributed by atoms with Crippen LogP contribution in [0, 0.1) is 5.92 Å². The van der Waals surface area contributed by atoms with Crippen molar-refractivity contribution in [2.75, 3.05) is 67.3 Å². The number of hydrogen-bond acceptors (Lipinski definition) is 14. The van der Waals surface area contributed by atoms with Crippen molar-refractivity contribution < 1.29 is 64.9 Å². The van der Waals surface area contributed by atoms with Crippen LogP contribution in [0.4, 0.5) is 0 Å². The standard InChI is InChI=1S/C23H32N2O4.2C7H8O5S/c1-24-7-6-23-16-3-4-18(26)22(23)29-21-19(5-2-15(20(21)23)14-17(16)24)28-13-10-25-8-11-27-12-9-25;2*1-12-7-4-5(13(9,10)11)2-3-6(7)8/h2,5,16-18,22,26H,3-4,6-14H2,1H3;2*2-4,8H,1H3,(H,9,10,11)/t16-,17+,18-,22-,23-;;/m0../s1. The lowest BCUT2D eigenvalue weighted by Crippen LogP contribution is -2.66. The first-order chi connectivity index (χ1) is 26.1. The molecular weight excluding hydrogens is 761 g/mol. The van der Waals surface area contributed by atoms with E-state index in [1.807, 2.05) is 0 Å². The van der Waals surface area contributed by atoms with E-state index in [9.17, 15) is 21.9 Å². The predicted octanol–water partition coefficient (Wildman–Crippen LogP) is 2.72. The fourth-order valence-corrected chi connectivity index (χ4v) is 9.55. The average molecular weight is 809 g/mol. The lowest BCUT2D eigenvalue weighted by atomic mass is 9.51. The van der Waals surface area contributed by atoms with Crippen molar-refractivity contribution >= 4 is 20.2 Å². The van der Waals surface area contributed by atoms with Crippen molar-refractivity contribution in [3.05, 3.63) is 59.7 Å². The summed E-state index contributed by atoms with van der Waals surface area (Å²) in [4.78, 5) is 4.30. The molecule has 1 spiro atoms. The number of piperidine rings is 1. The maximum atomic E-state index is 10.9. The summed E-state index contributed by atoms with van der Waals surface area (Å²) in [6.07, 6.45) is 3.61. The molecule has 3 heterocycles. The molecule has 3 aliphatic heterocycles. The van der Waals surface area contributed by atoms with Crippen molar-refractivity contribution in [2.24, 2.45) is 5.92 Å². The van der Waals surface area contributed by atoms with Gasteiger partial charge < -0.3 is 43.9 Å². The number of likely N-dealkylation sites (tertiary alicyclic amines) is 1. The van der Waals surface area contributed by atoms with Gasteiger partial charge in [-0.2, -0.15) is 16.8 Å². The van der Waals surface area contributed by atoms with Crippen LogP contribution >= 0.6 is 0 Å². The number of nitrogens with zero attached hydrogens (tertiary/aromatic N) is 2. The number of hydrogen-bond donors (Lipinski definition) is 5. The second-order valence-corrected chi connectivity index (χ2v) is 17.0. The van der Waals surface area contributed by atoms with Crippen LogP contribution in [0.3, 0.4) is 0 Å². The third-order valence-corrected chi connectivity index (χ3v) is 12.9. The van der Waals surface area contributed by atoms with Crippen molar-refractivity contribution in [2.45, 2.75) is 59.1 Å². The van der Waals surface area contributed by atoms with Gasteiger partial charge in [0, 0.05) is 48.8 Å². The smallest absolute Gasteiger partial charge is 0.294 e. The first-order valence-electron chi connectivity index (χ1n) is 17.9. The van der Waals surface area contributed by atoms with Gasteiger partial charge in [0.2, 0.25) is 0 Å². The summed E-state index contributed by atoms with van der Waals surface area (Å²) < 4.78 is 87.4. The molecule has 2 saturated heterocycles. The lowest BCUT2D eigenvalue weighted by Gasteiger charge is -2.58. The quantitative estimate of drug-likeness (QED) is 0.207. The molecule has 5 N–H and O–H groups in total. The molecule has 2 bridgehead atoms. The van der Waals surface area contributed by atoms with Crippen LogP contribution in [0.15, 0.2) is 58.3 Å². The fraction of sp³-hybridized carbons (Fsp3) is 0.514. The van der Waals surface area contributed by atoms with Crippen LogP contribution in [0.2, 0.25) is 0 Å². The van der Waals surface area contributed by atoms with Gasteiger partial charge >= 0.3 is 0 Å². The number of phenols is 2. The van der Waals surface area contributed by atoms with E-state index in [4.69, 9.17) is 33.5 Å². The van der Waals surface area contributed by atoms with Gasteiger partial charge in [0.05, 0.1) is 43.3 Å². The second-order valence-electron chi connectivity index (χ2n) is 14.2. The maximum absolute atomic E-state index is 10.9. The molecule has 16 nitrogen and oxygen atoms in total. The maximum Gasteiger partial charge on any atom is 0.294 e. The van der Waals surface area contributed by atoms with Crippen LogP contribution < -0.4 is 18.9 Å². The van der Waals surface area contributed by atoms with Crippen LogP contribution in [0.5, 0.6) is 34.5 Å². The van der Waals surface area contributed by atoms with Gasteiger partial charge in [-0.25, -0.2) is 0 Å². The first kappa shape index (κ1) is 40.8. The Morgan fingerprint density at radius 3 is 2.00 bits per heavy atom. The van der Waals surface area contributed by atoms with E-state index < -0.39 is 20.2 Å². The van der Waals surface area contributed by atoms with Crippen molar-refractivity contribution in [1.82, 2.24) is 9.80 Å². The zero-order chi connectivity index (χ0) is 39.7. The van der Waals surface area contributed by atoms with Crippen molar-refractivity contribution in [1.29, 1.82) is 0 Å². The third kappa shape index (κ3) is 8.32. The highest BCUT2D eigenvalue weighted by atomic mass is 32.2. The SMILES string of the molecule is CN1CC[C@]23c4c5ccc(OCCN6CCOCC6)c4O[C@H]2[C@@H](O)CC[C@H]3[C@H]1C5.COc1cc(S(=O)(=O)O)ccc1O.COc1cc(S(=O)(=O)O)ccc1O. The number of phenolic OH excluding ortho intramolecular Hbond substituents is 2. The van der Waals surface area contributed by atoms with Crippen molar-refractivity contribution in [3.63, 3.8) is 0 Å². The molecule has 3 aromatic carbocycles. The Balaban J connectivity index is 0.000000165. The van der Waals surface area contributed by atoms with Gasteiger partial charge in [0.1, 0.15) is 12.7 Å². The van der Waals surface area contributed by atoms with Crippen LogP contribution in [-0.2, 0) is 36.8 Å². The molecule has 3 fully saturated rings. The van der Waals surface area contributed by atoms with Gasteiger partial charge in [0.15, 0.2) is 34.5 Å². The molecular formula is C37H48N2O14S2. The Hall–Kier alpha value is -3.88. The number of aliphatic hydroxyl groups is 1. The van der Waals surface area contributed by atoms with E-state index in [1.54, 1.807) is 0 Å². The first-order valence-corrected chi connectivity index (χ1v) is 20.8. The zero-order valence-electron chi connectivity index (χ0n) is 30.8. The molecule has 0 unspecified atom stereocenters. The fourth-order valence-electron chi connectivity index (χ4n) is 8.56. The third-order valence-electron chi connectivity index (χ3n) is 11.2. The van der Waals surface area contributed by atoms with Gasteiger partial charge in [0.25, 0.3) is 20.2 Å². The number of ether oxygens (including phenoxy) is 5. The predicted molar refractivity (Wildman–Crippen MR) is 198 cm³/mol. The molecule has 0 radical (unpaired) electrons. The number of benzene rings is 3. The van der Waals surface area contributed by atoms with E-state index >= 15 is 0 Å². The number of likely N-dealkylation sites (N-methyl/N-ethyl adjacent to an activating group) is 1. The summed E-state index contributed by atoms with van der Waals surface area (Å²) >= 11 is 0. The largest absolute Gasteiger partial charge is 0.504 e. The van der Waals surface area contributed by atoms with Crippen LogP contribution in [0.1, 0.15) is 30.4 Å². The molecule has 1 saturated carbocycles. The molecule has 18 heteroatoms. The molecule has 0 amide bonds. The van der Waals surface area contributed by atoms with E-state index in [0.717, 1.165) is 113 Å². The molecule has 2 aliphatic carbocycles. The number of methoxy groups -OCH3 is 2. The van der Waals surface area contributed by atoms with Crippen LogP contribution in [-0.4, -0.2) is 137 Å². The Morgan fingerprint density at radius 2 is 1.44 bits per heavy atom. The Bertz CT molecular complexity index is 1990. The summed E-state index contributed by atoms with van der Waals surface area (Å²) in [7, 11) is -3.66. The number of morpholine rings is 1. The van der Waals surface area contributed by atoms with Gasteiger partial charge in [-0.15, -0.1) is 0 Å². The molecule has 8 rings (SSSR count). The van der Waals surface area contributed by atoms with Gasteiger partial charge in [-0.1, -0.05) is 6.07 Å². The molecule has 0 aromatic heterocycles. The highest BCUT2D eigenvalue weighted by Gasteiger charge is 2.65. The number of rotatable bonds is 8. The second kappa shape index (κ2) is 16.3. The van der Waals surface area contributed by atoms with E-state index in [1.165, 1.54) is 25.3 Å². The lowest BCUT2D eigenvalue weighted by molar-refractivity contribution is -0.0993. The zero-order valence-corrected chi connectivity index (χ0v) is 32.5. The van der Waals surface area contributed by atoms with E-state index in [-0.39, 0.29) is 50.4 Å². The van der Waals surface area contributed by atoms with Gasteiger partial charge in [-0.05, 0) is 81.1 Å². The molecule has 3 aromatic rings. The number of aromatic hydroxyl groups is 2. The summed E-state index contributed by atoms with van der Waals surface area (Å²) in [6.45, 7) is 6.22. The topological polar surface area (TPSA) is 222 Å². The Labute approximate surface area is 320 Å². The summed E-state index contributed by atoms with van der Waals surface area (Å²) in [5.74, 6) is 1.99. The Kier molecular flexibility index (Phi) is 12.1. The highest BCUT2D eigenvalue weighted by molar-refractivity contribution is 7.86. The molecule has 5 aliphatic rings. The molecule has 55 heavy (non-hydrogen) atoms. The summed E-state index contributed by atoms with van der Waals surface area (Å²) in [5.41, 5.74) is 2.76. The summed E-state index contributed by atoms with van der Waals surface area (Å²) in [6, 6.07) is 11.4. The van der Waals surface area contributed by atoms with Crippen LogP contribution in [0.25, 0.3) is 0 Å². The number of aliphatic hydroxyl groups excluding tert-OH is 1. The van der Waals surface area contributed by atoms with Crippen molar-refractivity contribution in [3.8, 4) is 34.5 Å². The van der Waals surface area contributed by atoms with E-state index in [0.29, 0.717) is 18.6 Å². The minimum absolute atomic E-state index is 0.00451. The monoisotopic (exact) mass is 808 g/mol. The highest BCUT2D eigenvalue weighted by Crippen LogP contribution is 2.63. The average Bonchev–Trinajstić information content (AvgIpc) is 3.51. The summed E-state index contributed by atoms with van der Waals surface area (Å²) in [5, 5.41) is 29.1. The normalized spacial score (nSPS) is 25.6.